The van der Waals surface area contributed by atoms with E-state index < -0.39 is 61.5 Å². The molecule has 57 heavy (non-hydrogen) atoms. The molecule has 10 nitrogen and oxygen atoms in total. The zero-order chi connectivity index (χ0) is 41.9. The van der Waals surface area contributed by atoms with Gasteiger partial charge in [-0.25, -0.2) is 0 Å². The van der Waals surface area contributed by atoms with E-state index in [-0.39, 0.29) is 13.0 Å². The Morgan fingerprint density at radius 3 is 1.67 bits per heavy atom. The van der Waals surface area contributed by atoms with E-state index in [4.69, 9.17) is 9.47 Å². The first kappa shape index (κ1) is 53.6. The van der Waals surface area contributed by atoms with E-state index in [0.29, 0.717) is 6.42 Å². The van der Waals surface area contributed by atoms with Crippen molar-refractivity contribution in [1.82, 2.24) is 5.32 Å². The first-order chi connectivity index (χ1) is 27.7. The van der Waals surface area contributed by atoms with Gasteiger partial charge in [-0.1, -0.05) is 186 Å². The molecular formula is C47H89NO9. The maximum atomic E-state index is 13.0. The Morgan fingerprint density at radius 2 is 1.14 bits per heavy atom. The van der Waals surface area contributed by atoms with Gasteiger partial charge in [0.1, 0.15) is 30.5 Å². The number of unbranched alkanes of at least 4 members (excludes halogenated alkanes) is 22. The second-order valence-electron chi connectivity index (χ2n) is 16.9. The van der Waals surface area contributed by atoms with Gasteiger partial charge in [0.25, 0.3) is 0 Å². The molecule has 1 heterocycles. The molecule has 1 aliphatic rings. The minimum atomic E-state index is -1.61. The van der Waals surface area contributed by atoms with Crippen LogP contribution in [0.4, 0.5) is 0 Å². The third kappa shape index (κ3) is 27.2. The van der Waals surface area contributed by atoms with Gasteiger partial charge in [0, 0.05) is 0 Å². The molecule has 10 heteroatoms. The lowest BCUT2D eigenvalue weighted by atomic mass is 9.99. The monoisotopic (exact) mass is 812 g/mol. The maximum absolute atomic E-state index is 13.0. The third-order valence-electron chi connectivity index (χ3n) is 11.7. The first-order valence-corrected chi connectivity index (χ1v) is 23.6. The number of aliphatic hydroxyl groups excluding tert-OH is 6. The second-order valence-corrected chi connectivity index (χ2v) is 16.9. The van der Waals surface area contributed by atoms with E-state index in [1.165, 1.54) is 135 Å². The van der Waals surface area contributed by atoms with Gasteiger partial charge in [0.05, 0.1) is 25.4 Å². The molecule has 336 valence electrons. The molecule has 1 amide bonds. The summed E-state index contributed by atoms with van der Waals surface area (Å²) in [6.07, 6.45) is 31.4. The van der Waals surface area contributed by atoms with Crippen molar-refractivity contribution in [2.45, 2.75) is 250 Å². The lowest BCUT2D eigenvalue weighted by molar-refractivity contribution is -0.302. The fraction of sp³-hybridized carbons (Fsp3) is 0.894. The molecule has 0 aliphatic carbocycles. The summed E-state index contributed by atoms with van der Waals surface area (Å²) in [7, 11) is 0. The quantitative estimate of drug-likeness (QED) is 0.0238. The van der Waals surface area contributed by atoms with Crippen LogP contribution >= 0.6 is 0 Å². The van der Waals surface area contributed by atoms with Crippen LogP contribution in [-0.2, 0) is 14.3 Å². The number of hydrogen-bond acceptors (Lipinski definition) is 9. The molecule has 0 aromatic carbocycles. The van der Waals surface area contributed by atoms with Crippen molar-refractivity contribution in [3.63, 3.8) is 0 Å². The van der Waals surface area contributed by atoms with E-state index in [1.54, 1.807) is 6.08 Å². The Morgan fingerprint density at radius 1 is 0.649 bits per heavy atom. The Bertz CT molecular complexity index is 979. The largest absolute Gasteiger partial charge is 0.394 e. The second kappa shape index (κ2) is 36.5. The van der Waals surface area contributed by atoms with Crippen molar-refractivity contribution in [2.24, 2.45) is 5.92 Å². The number of nitrogens with one attached hydrogen (secondary N) is 1. The van der Waals surface area contributed by atoms with Crippen LogP contribution in [0.15, 0.2) is 24.3 Å². The van der Waals surface area contributed by atoms with Gasteiger partial charge in [-0.3, -0.25) is 4.79 Å². The Labute approximate surface area is 348 Å². The van der Waals surface area contributed by atoms with Crippen LogP contribution in [0.3, 0.4) is 0 Å². The van der Waals surface area contributed by atoms with Crippen LogP contribution in [0.2, 0.25) is 0 Å². The van der Waals surface area contributed by atoms with E-state index in [0.717, 1.165) is 38.0 Å². The third-order valence-corrected chi connectivity index (χ3v) is 11.7. The molecule has 1 saturated heterocycles. The van der Waals surface area contributed by atoms with Crippen molar-refractivity contribution in [1.29, 1.82) is 0 Å². The Kier molecular flexibility index (Phi) is 34.3. The van der Waals surface area contributed by atoms with E-state index in [1.807, 2.05) is 12.2 Å². The number of rotatable bonds is 38. The summed E-state index contributed by atoms with van der Waals surface area (Å²) in [6, 6.07) is -0.994. The molecule has 0 saturated carbocycles. The number of carbonyl (C=O) groups excluding carboxylic acids is 1. The smallest absolute Gasteiger partial charge is 0.249 e. The molecule has 1 rings (SSSR count). The minimum absolute atomic E-state index is 0.227. The highest BCUT2D eigenvalue weighted by atomic mass is 16.7. The average molecular weight is 812 g/mol. The summed E-state index contributed by atoms with van der Waals surface area (Å²) in [4.78, 5) is 13.0. The zero-order valence-corrected chi connectivity index (χ0v) is 36.6. The summed E-state index contributed by atoms with van der Waals surface area (Å²) < 4.78 is 11.1. The molecule has 9 atom stereocenters. The lowest BCUT2D eigenvalue weighted by Crippen LogP contribution is -2.60. The minimum Gasteiger partial charge on any atom is -0.394 e. The molecule has 1 aliphatic heterocycles. The number of hydrogen-bond donors (Lipinski definition) is 7. The molecule has 0 aromatic rings. The van der Waals surface area contributed by atoms with Crippen molar-refractivity contribution in [2.75, 3.05) is 13.2 Å². The Hall–Kier alpha value is -1.37. The van der Waals surface area contributed by atoms with Gasteiger partial charge < -0.3 is 45.4 Å². The van der Waals surface area contributed by atoms with Crippen LogP contribution in [0, 0.1) is 5.92 Å². The van der Waals surface area contributed by atoms with Gasteiger partial charge in [-0.15, -0.1) is 0 Å². The predicted molar refractivity (Wildman–Crippen MR) is 232 cm³/mol. The number of allylic oxidation sites excluding steroid dienone is 3. The van der Waals surface area contributed by atoms with Crippen molar-refractivity contribution < 1.29 is 44.9 Å². The number of aliphatic hydroxyl groups is 6. The fourth-order valence-electron chi connectivity index (χ4n) is 7.38. The molecular weight excluding hydrogens is 723 g/mol. The highest BCUT2D eigenvalue weighted by molar-refractivity contribution is 5.80. The van der Waals surface area contributed by atoms with Gasteiger partial charge in [-0.2, -0.15) is 0 Å². The molecule has 7 N–H and O–H groups in total. The van der Waals surface area contributed by atoms with Crippen molar-refractivity contribution in [3.8, 4) is 0 Å². The molecule has 0 aromatic heterocycles. The normalized spacial score (nSPS) is 22.3. The van der Waals surface area contributed by atoms with Crippen molar-refractivity contribution >= 4 is 5.91 Å². The van der Waals surface area contributed by atoms with E-state index in [2.05, 4.69) is 32.2 Å². The highest BCUT2D eigenvalue weighted by Gasteiger charge is 2.44. The highest BCUT2D eigenvalue weighted by Crippen LogP contribution is 2.23. The molecule has 1 unspecified atom stereocenters. The van der Waals surface area contributed by atoms with Gasteiger partial charge in [0.2, 0.25) is 5.91 Å². The summed E-state index contributed by atoms with van der Waals surface area (Å²) in [5.74, 6) is 0.149. The predicted octanol–water partition coefficient (Wildman–Crippen LogP) is 8.72. The molecule has 0 bridgehead atoms. The van der Waals surface area contributed by atoms with E-state index >= 15 is 0 Å². The summed E-state index contributed by atoms with van der Waals surface area (Å²) in [5, 5.41) is 64.6. The average Bonchev–Trinajstić information content (AvgIpc) is 3.21. The number of amides is 1. The molecule has 0 radical (unpaired) electrons. The molecule has 0 spiro atoms. The standard InChI is InChI=1S/C47H89NO9/c1-4-6-7-8-9-10-11-12-13-14-15-16-17-18-19-20-21-26-29-32-35-41(51)46(55)48-39(37-56-47-45(54)44(53)43(52)42(36-49)57-47)40(50)34-31-28-25-23-22-24-27-30-33-38(3)5-2/h26,29,31,34,38-45,47,49-54H,4-25,27-28,30,32-33,35-37H2,1-3H3,(H,48,55)/b29-26?,34-31+/t38?,39-,40+,41+,42+,43+,44-,45+,47+/m0/s1. The number of ether oxygens (including phenoxy) is 2. The topological polar surface area (TPSA) is 169 Å². The summed E-state index contributed by atoms with van der Waals surface area (Å²) >= 11 is 0. The van der Waals surface area contributed by atoms with E-state index in [9.17, 15) is 35.4 Å². The summed E-state index contributed by atoms with van der Waals surface area (Å²) in [6.45, 7) is 5.90. The number of carbonyl (C=O) groups is 1. The Balaban J connectivity index is 2.39. The van der Waals surface area contributed by atoms with Gasteiger partial charge in [0.15, 0.2) is 6.29 Å². The van der Waals surface area contributed by atoms with Crippen LogP contribution in [0.25, 0.3) is 0 Å². The zero-order valence-electron chi connectivity index (χ0n) is 36.6. The first-order valence-electron chi connectivity index (χ1n) is 23.6. The van der Waals surface area contributed by atoms with Crippen molar-refractivity contribution in [3.05, 3.63) is 24.3 Å². The van der Waals surface area contributed by atoms with Crippen LogP contribution in [0.1, 0.15) is 201 Å². The maximum Gasteiger partial charge on any atom is 0.249 e. The van der Waals surface area contributed by atoms with Crippen LogP contribution < -0.4 is 5.32 Å². The fourth-order valence-corrected chi connectivity index (χ4v) is 7.38. The van der Waals surface area contributed by atoms with Gasteiger partial charge >= 0.3 is 0 Å². The van der Waals surface area contributed by atoms with Gasteiger partial charge in [-0.05, 0) is 44.4 Å². The van der Waals surface area contributed by atoms with Crippen LogP contribution in [-0.4, -0.2) is 98.7 Å². The SMILES string of the molecule is CCCCCCCCCCCCCCCCCCC=CCC[C@@H](O)C(=O)N[C@@H](CO[C@@H]1O[C@H](CO)[C@@H](O)[C@H](O)[C@H]1O)[C@H](O)/C=C/CCCCCCCCC(C)CC. The van der Waals surface area contributed by atoms with Crippen LogP contribution in [0.5, 0.6) is 0 Å². The summed E-state index contributed by atoms with van der Waals surface area (Å²) in [5.41, 5.74) is 0. The molecule has 1 fully saturated rings. The lowest BCUT2D eigenvalue weighted by Gasteiger charge is -2.40.